The van der Waals surface area contributed by atoms with Crippen LogP contribution < -0.4 is 0 Å². The minimum absolute atomic E-state index is 0.584. The van der Waals surface area contributed by atoms with Gasteiger partial charge in [0, 0.05) is 0 Å². The zero-order chi connectivity index (χ0) is 9.84. The maximum atomic E-state index is 10.4. The van der Waals surface area contributed by atoms with E-state index in [4.69, 9.17) is 0 Å². The summed E-state index contributed by atoms with van der Waals surface area (Å²) in [4.78, 5) is 10.4. The van der Waals surface area contributed by atoms with E-state index in [0.29, 0.717) is 11.8 Å². The normalized spacial score (nSPS) is 31.7. The molecule has 1 nitrogen and oxygen atoms in total. The van der Waals surface area contributed by atoms with Crippen LogP contribution in [0.1, 0.15) is 33.1 Å². The molecule has 0 N–H and O–H groups in total. The van der Waals surface area contributed by atoms with E-state index in [1.807, 2.05) is 0 Å². The zero-order valence-corrected chi connectivity index (χ0v) is 8.55. The van der Waals surface area contributed by atoms with Gasteiger partial charge in [-0.15, -0.1) is 0 Å². The predicted octanol–water partition coefficient (Wildman–Crippen LogP) is 3.12. The molecule has 0 spiro atoms. The molecule has 13 heavy (non-hydrogen) atoms. The Morgan fingerprint density at radius 2 is 2.23 bits per heavy atom. The average Bonchev–Trinajstić information content (AvgIpc) is 2.08. The number of aldehydes is 1. The van der Waals surface area contributed by atoms with Crippen molar-refractivity contribution in [3.63, 3.8) is 0 Å². The highest BCUT2D eigenvalue weighted by atomic mass is 16.1. The molecule has 0 saturated heterocycles. The summed E-state index contributed by atoms with van der Waals surface area (Å²) in [5, 5.41) is 0. The van der Waals surface area contributed by atoms with Crippen molar-refractivity contribution in [2.24, 2.45) is 11.8 Å². The number of hydrogen-bond acceptors (Lipinski definition) is 1. The topological polar surface area (TPSA) is 17.1 Å². The van der Waals surface area contributed by atoms with Gasteiger partial charge in [0.05, 0.1) is 0 Å². The third-order valence-corrected chi connectivity index (χ3v) is 3.04. The van der Waals surface area contributed by atoms with Gasteiger partial charge in [-0.1, -0.05) is 24.6 Å². The molecule has 0 amide bonds. The van der Waals surface area contributed by atoms with Crippen LogP contribution in [-0.4, -0.2) is 6.29 Å². The summed E-state index contributed by atoms with van der Waals surface area (Å²) < 4.78 is 0. The smallest absolute Gasteiger partial charge is 0.142 e. The van der Waals surface area contributed by atoms with E-state index in [0.717, 1.165) is 12.7 Å². The van der Waals surface area contributed by atoms with Crippen LogP contribution >= 0.6 is 0 Å². The lowest BCUT2D eigenvalue weighted by atomic mass is 9.76. The molecule has 0 bridgehead atoms. The van der Waals surface area contributed by atoms with Crippen LogP contribution in [0.3, 0.4) is 0 Å². The number of rotatable bonds is 2. The maximum Gasteiger partial charge on any atom is 0.142 e. The molecule has 0 aromatic carbocycles. The number of carbonyl (C=O) groups is 1. The molecular formula is C12H18O. The summed E-state index contributed by atoms with van der Waals surface area (Å²) >= 11 is 0. The molecule has 1 aliphatic rings. The summed E-state index contributed by atoms with van der Waals surface area (Å²) in [5.74, 6) is 1.18. The van der Waals surface area contributed by atoms with Crippen molar-refractivity contribution in [3.8, 4) is 0 Å². The van der Waals surface area contributed by atoms with Crippen LogP contribution in [-0.2, 0) is 4.79 Å². The molecule has 1 heteroatoms. The molecule has 0 unspecified atom stereocenters. The van der Waals surface area contributed by atoms with Gasteiger partial charge in [0.25, 0.3) is 0 Å². The van der Waals surface area contributed by atoms with Gasteiger partial charge in [0.2, 0.25) is 0 Å². The molecule has 1 saturated carbocycles. The Labute approximate surface area is 80.5 Å². The van der Waals surface area contributed by atoms with Gasteiger partial charge in [0.1, 0.15) is 6.29 Å². The van der Waals surface area contributed by atoms with E-state index < -0.39 is 0 Å². The van der Waals surface area contributed by atoms with Crippen molar-refractivity contribution in [1.82, 2.24) is 0 Å². The third kappa shape index (κ3) is 2.55. The van der Waals surface area contributed by atoms with E-state index in [2.05, 4.69) is 20.4 Å². The van der Waals surface area contributed by atoms with Crippen molar-refractivity contribution in [2.75, 3.05) is 0 Å². The van der Waals surface area contributed by atoms with Crippen molar-refractivity contribution in [2.45, 2.75) is 33.1 Å². The summed E-state index contributed by atoms with van der Waals surface area (Å²) in [7, 11) is 0. The molecule has 1 fully saturated rings. The Morgan fingerprint density at radius 3 is 2.77 bits per heavy atom. The fourth-order valence-corrected chi connectivity index (χ4v) is 1.96. The van der Waals surface area contributed by atoms with Crippen molar-refractivity contribution in [3.05, 3.63) is 23.8 Å². The van der Waals surface area contributed by atoms with Crippen LogP contribution in [0.2, 0.25) is 0 Å². The van der Waals surface area contributed by atoms with Crippen molar-refractivity contribution >= 4 is 6.29 Å². The van der Waals surface area contributed by atoms with Gasteiger partial charge in [-0.25, -0.2) is 0 Å². The molecule has 0 heterocycles. The van der Waals surface area contributed by atoms with E-state index in [1.165, 1.54) is 24.0 Å². The molecule has 2 atom stereocenters. The monoisotopic (exact) mass is 178 g/mol. The quantitative estimate of drug-likeness (QED) is 0.361. The summed E-state index contributed by atoms with van der Waals surface area (Å²) in [6.45, 7) is 8.26. The highest BCUT2D eigenvalue weighted by Crippen LogP contribution is 2.35. The predicted molar refractivity (Wildman–Crippen MR) is 55.5 cm³/mol. The minimum Gasteiger partial charge on any atom is -0.299 e. The summed E-state index contributed by atoms with van der Waals surface area (Å²) in [6, 6.07) is 0. The van der Waals surface area contributed by atoms with Gasteiger partial charge in [0.15, 0.2) is 0 Å². The first-order valence-electron chi connectivity index (χ1n) is 4.94. The van der Waals surface area contributed by atoms with Crippen LogP contribution in [0, 0.1) is 11.8 Å². The Morgan fingerprint density at radius 1 is 1.54 bits per heavy atom. The number of hydrogen-bond donors (Lipinski definition) is 0. The Hall–Kier alpha value is -0.850. The van der Waals surface area contributed by atoms with Gasteiger partial charge >= 0.3 is 0 Å². The zero-order valence-electron chi connectivity index (χ0n) is 8.55. The Balaban J connectivity index is 2.68. The third-order valence-electron chi connectivity index (χ3n) is 3.04. The number of carbonyl (C=O) groups excluding carboxylic acids is 1. The van der Waals surface area contributed by atoms with E-state index in [1.54, 1.807) is 6.08 Å². The van der Waals surface area contributed by atoms with Crippen molar-refractivity contribution in [1.29, 1.82) is 0 Å². The second kappa shape index (κ2) is 4.40. The van der Waals surface area contributed by atoms with Crippen LogP contribution in [0.15, 0.2) is 23.8 Å². The van der Waals surface area contributed by atoms with Crippen LogP contribution in [0.25, 0.3) is 0 Å². The molecule has 0 aromatic heterocycles. The Bertz CT molecular complexity index is 238. The highest BCUT2D eigenvalue weighted by molar-refractivity contribution is 5.66. The second-order valence-electron chi connectivity index (χ2n) is 4.10. The highest BCUT2D eigenvalue weighted by Gasteiger charge is 2.22. The van der Waals surface area contributed by atoms with E-state index in [9.17, 15) is 4.79 Å². The molecule has 0 aliphatic heterocycles. The maximum absolute atomic E-state index is 10.4. The largest absolute Gasteiger partial charge is 0.299 e. The lowest BCUT2D eigenvalue weighted by molar-refractivity contribution is -0.104. The first kappa shape index (κ1) is 10.2. The molecule has 1 aliphatic carbocycles. The molecule has 0 radical (unpaired) electrons. The fourth-order valence-electron chi connectivity index (χ4n) is 1.96. The minimum atomic E-state index is 0.584. The lowest BCUT2D eigenvalue weighted by Gasteiger charge is -2.29. The summed E-state index contributed by atoms with van der Waals surface area (Å²) in [6.07, 6.45) is 6.10. The van der Waals surface area contributed by atoms with Gasteiger partial charge < -0.3 is 0 Å². The van der Waals surface area contributed by atoms with Gasteiger partial charge in [-0.05, 0) is 44.1 Å². The second-order valence-corrected chi connectivity index (χ2v) is 4.10. The van der Waals surface area contributed by atoms with Crippen LogP contribution in [0.5, 0.6) is 0 Å². The average molecular weight is 178 g/mol. The lowest BCUT2D eigenvalue weighted by Crippen LogP contribution is -2.16. The number of allylic oxidation sites excluding steroid dienone is 3. The van der Waals surface area contributed by atoms with E-state index >= 15 is 0 Å². The van der Waals surface area contributed by atoms with E-state index in [-0.39, 0.29) is 0 Å². The van der Waals surface area contributed by atoms with Crippen LogP contribution in [0.4, 0.5) is 0 Å². The first-order chi connectivity index (χ1) is 6.15. The first-order valence-corrected chi connectivity index (χ1v) is 4.94. The molecule has 0 aromatic rings. The Kier molecular flexibility index (Phi) is 3.47. The van der Waals surface area contributed by atoms with Gasteiger partial charge in [-0.3, -0.25) is 4.79 Å². The fraction of sp³-hybridized carbons (Fsp3) is 0.583. The van der Waals surface area contributed by atoms with Crippen molar-refractivity contribution < 1.29 is 4.79 Å². The molecular weight excluding hydrogens is 160 g/mol. The molecule has 1 rings (SSSR count). The summed E-state index contributed by atoms with van der Waals surface area (Å²) in [5.41, 5.74) is 2.55. The SMILES string of the molecule is C=C(C)[C@@H]1CC[C@@H](C)/C(=C/C=O)C1. The standard InChI is InChI=1S/C12H18O/c1-9(2)11-5-4-10(3)12(8-11)6-7-13/h6-7,10-11H,1,4-5,8H2,2-3H3/b12-6+/t10-,11-/m1/s1. The molecule has 72 valence electrons. The van der Waals surface area contributed by atoms with Gasteiger partial charge in [-0.2, -0.15) is 0 Å².